The van der Waals surface area contributed by atoms with E-state index in [0.717, 1.165) is 11.0 Å². The zero-order valence-electron chi connectivity index (χ0n) is 15.5. The Morgan fingerprint density at radius 1 is 1.24 bits per heavy atom. The summed E-state index contributed by atoms with van der Waals surface area (Å²) in [5.41, 5.74) is 0.870. The van der Waals surface area contributed by atoms with Gasteiger partial charge in [-0.25, -0.2) is 0 Å². The quantitative estimate of drug-likeness (QED) is 0.694. The maximum atomic E-state index is 11.4. The number of carbonyl (C=O) groups excluding carboxylic acids is 1. The lowest BCUT2D eigenvalue weighted by Gasteiger charge is -2.32. The highest BCUT2D eigenvalue weighted by Gasteiger charge is 2.52. The topological polar surface area (TPSA) is 44.8 Å². The number of carbonyl (C=O) groups is 1. The van der Waals surface area contributed by atoms with Gasteiger partial charge < -0.3 is 14.0 Å². The summed E-state index contributed by atoms with van der Waals surface area (Å²) < 4.78 is 17.5. The van der Waals surface area contributed by atoms with Crippen molar-refractivity contribution in [3.63, 3.8) is 0 Å². The standard InChI is InChI=1S/C18H24BClO4S/c1-12(21)25-11-14(19-23-17(2,3)18(4,5)24-19)7-13-8-15(20)10-16(9-13)22-6/h7-10H,11H2,1-6H3. The van der Waals surface area contributed by atoms with Gasteiger partial charge in [0.15, 0.2) is 5.12 Å². The van der Waals surface area contributed by atoms with Crippen molar-refractivity contribution in [2.75, 3.05) is 12.9 Å². The van der Waals surface area contributed by atoms with Crippen molar-refractivity contribution >= 4 is 41.7 Å². The first-order chi connectivity index (χ1) is 11.5. The molecule has 25 heavy (non-hydrogen) atoms. The predicted molar refractivity (Wildman–Crippen MR) is 105 cm³/mol. The number of benzene rings is 1. The zero-order chi connectivity index (χ0) is 18.8. The third-order valence-electron chi connectivity index (χ3n) is 4.48. The Kier molecular flexibility index (Phi) is 6.31. The molecule has 1 aliphatic heterocycles. The van der Waals surface area contributed by atoms with Crippen LogP contribution < -0.4 is 4.74 Å². The Morgan fingerprint density at radius 2 is 1.84 bits per heavy atom. The molecule has 2 rings (SSSR count). The summed E-state index contributed by atoms with van der Waals surface area (Å²) in [6, 6.07) is 5.47. The van der Waals surface area contributed by atoms with E-state index in [4.69, 9.17) is 25.6 Å². The van der Waals surface area contributed by atoms with Crippen LogP contribution in [0, 0.1) is 0 Å². The van der Waals surface area contributed by atoms with Crippen LogP contribution in [-0.2, 0) is 14.1 Å². The molecule has 0 atom stereocenters. The van der Waals surface area contributed by atoms with Gasteiger partial charge in [0.2, 0.25) is 0 Å². The molecule has 0 N–H and O–H groups in total. The molecule has 0 radical (unpaired) electrons. The summed E-state index contributed by atoms with van der Waals surface area (Å²) in [5.74, 6) is 1.16. The van der Waals surface area contributed by atoms with Crippen molar-refractivity contribution in [3.05, 3.63) is 34.3 Å². The Labute approximate surface area is 159 Å². The Morgan fingerprint density at radius 3 is 2.36 bits per heavy atom. The van der Waals surface area contributed by atoms with Gasteiger partial charge in [-0.15, -0.1) is 0 Å². The fourth-order valence-electron chi connectivity index (χ4n) is 2.36. The van der Waals surface area contributed by atoms with E-state index in [1.54, 1.807) is 20.1 Å². The van der Waals surface area contributed by atoms with E-state index < -0.39 is 18.3 Å². The largest absolute Gasteiger partial charge is 0.497 e. The van der Waals surface area contributed by atoms with Gasteiger partial charge in [-0.2, -0.15) is 0 Å². The van der Waals surface area contributed by atoms with Crippen LogP contribution in [0.15, 0.2) is 23.7 Å². The smallest absolute Gasteiger partial charge is 0.491 e. The molecular weight excluding hydrogens is 359 g/mol. The van der Waals surface area contributed by atoms with Crippen molar-refractivity contribution < 1.29 is 18.8 Å². The van der Waals surface area contributed by atoms with Crippen LogP contribution in [0.4, 0.5) is 0 Å². The number of rotatable bonds is 5. The van der Waals surface area contributed by atoms with Crippen LogP contribution in [0.2, 0.25) is 5.02 Å². The van der Waals surface area contributed by atoms with E-state index in [9.17, 15) is 4.79 Å². The highest BCUT2D eigenvalue weighted by Crippen LogP contribution is 2.39. The normalized spacial score (nSPS) is 19.2. The molecule has 0 aromatic heterocycles. The SMILES string of the molecule is COc1cc(Cl)cc(C=C(CSC(C)=O)B2OC(C)(C)C(C)(C)O2)c1. The molecule has 0 bridgehead atoms. The Balaban J connectivity index is 2.36. The van der Waals surface area contributed by atoms with E-state index in [2.05, 4.69) is 0 Å². The minimum atomic E-state index is -0.512. The average Bonchev–Trinajstić information content (AvgIpc) is 2.70. The number of halogens is 1. The number of methoxy groups -OCH3 is 1. The highest BCUT2D eigenvalue weighted by atomic mass is 35.5. The molecule has 1 heterocycles. The molecule has 1 saturated heterocycles. The predicted octanol–water partition coefficient (Wildman–Crippen LogP) is 4.64. The van der Waals surface area contributed by atoms with E-state index in [1.165, 1.54) is 11.8 Å². The van der Waals surface area contributed by atoms with Gasteiger partial charge >= 0.3 is 7.12 Å². The van der Waals surface area contributed by atoms with Crippen LogP contribution >= 0.6 is 23.4 Å². The summed E-state index contributed by atoms with van der Waals surface area (Å²) >= 11 is 7.39. The van der Waals surface area contributed by atoms with Crippen LogP contribution in [0.25, 0.3) is 6.08 Å². The van der Waals surface area contributed by atoms with E-state index >= 15 is 0 Å². The number of hydrogen-bond acceptors (Lipinski definition) is 5. The van der Waals surface area contributed by atoms with Gasteiger partial charge in [0.1, 0.15) is 5.75 Å². The molecule has 1 aromatic carbocycles. The molecular formula is C18H24BClO4S. The minimum Gasteiger partial charge on any atom is -0.497 e. The number of thioether (sulfide) groups is 1. The lowest BCUT2D eigenvalue weighted by Crippen LogP contribution is -2.41. The van der Waals surface area contributed by atoms with Crippen molar-refractivity contribution in [2.24, 2.45) is 0 Å². The third kappa shape index (κ3) is 5.03. The number of ether oxygens (including phenoxy) is 1. The van der Waals surface area contributed by atoms with Gasteiger partial charge in [-0.1, -0.05) is 29.4 Å². The van der Waals surface area contributed by atoms with Gasteiger partial charge in [-0.05, 0) is 56.9 Å². The zero-order valence-corrected chi connectivity index (χ0v) is 17.1. The first kappa shape index (κ1) is 20.4. The fraction of sp³-hybridized carbons (Fsp3) is 0.500. The second kappa shape index (κ2) is 7.74. The Hall–Kier alpha value is -0.945. The van der Waals surface area contributed by atoms with Crippen LogP contribution in [0.1, 0.15) is 40.2 Å². The molecule has 7 heteroatoms. The van der Waals surface area contributed by atoms with Crippen LogP contribution in [0.5, 0.6) is 5.75 Å². The molecule has 0 amide bonds. The summed E-state index contributed by atoms with van der Waals surface area (Å²) in [6.07, 6.45) is 1.95. The van der Waals surface area contributed by atoms with Gasteiger partial charge in [0.25, 0.3) is 0 Å². The third-order valence-corrected chi connectivity index (χ3v) is 5.58. The summed E-state index contributed by atoms with van der Waals surface area (Å²) in [4.78, 5) is 11.4. The van der Waals surface area contributed by atoms with E-state index in [-0.39, 0.29) is 5.12 Å². The monoisotopic (exact) mass is 382 g/mol. The van der Waals surface area contributed by atoms with Crippen molar-refractivity contribution in [3.8, 4) is 5.75 Å². The van der Waals surface area contributed by atoms with Gasteiger partial charge in [0.05, 0.1) is 18.3 Å². The average molecular weight is 383 g/mol. The van der Waals surface area contributed by atoms with Crippen molar-refractivity contribution in [1.82, 2.24) is 0 Å². The van der Waals surface area contributed by atoms with E-state index in [1.807, 2.05) is 45.9 Å². The second-order valence-corrected chi connectivity index (χ2v) is 8.60. The highest BCUT2D eigenvalue weighted by molar-refractivity contribution is 8.13. The number of hydrogen-bond donors (Lipinski definition) is 0. The molecule has 0 saturated carbocycles. The van der Waals surface area contributed by atoms with Crippen molar-refractivity contribution in [1.29, 1.82) is 0 Å². The summed E-state index contributed by atoms with van der Waals surface area (Å²) in [5, 5.41) is 0.629. The molecule has 136 valence electrons. The molecule has 4 nitrogen and oxygen atoms in total. The van der Waals surface area contributed by atoms with Crippen LogP contribution in [0.3, 0.4) is 0 Å². The van der Waals surface area contributed by atoms with Gasteiger partial charge in [-0.3, -0.25) is 4.79 Å². The first-order valence-electron chi connectivity index (χ1n) is 8.08. The lowest BCUT2D eigenvalue weighted by atomic mass is 9.78. The van der Waals surface area contributed by atoms with Crippen molar-refractivity contribution in [2.45, 2.75) is 45.8 Å². The molecule has 1 fully saturated rings. The molecule has 1 aliphatic rings. The minimum absolute atomic E-state index is 0.0473. The first-order valence-corrected chi connectivity index (χ1v) is 9.44. The lowest BCUT2D eigenvalue weighted by molar-refractivity contribution is -0.109. The molecule has 0 spiro atoms. The Bertz CT molecular complexity index is 672. The molecule has 0 unspecified atom stereocenters. The summed E-state index contributed by atoms with van der Waals surface area (Å²) in [7, 11) is 1.08. The fourth-order valence-corrected chi connectivity index (χ4v) is 3.18. The molecule has 0 aliphatic carbocycles. The van der Waals surface area contributed by atoms with Crippen LogP contribution in [-0.4, -0.2) is 36.3 Å². The summed E-state index contributed by atoms with van der Waals surface area (Å²) in [6.45, 7) is 9.57. The second-order valence-electron chi connectivity index (χ2n) is 7.01. The van der Waals surface area contributed by atoms with Gasteiger partial charge in [0, 0.05) is 17.7 Å². The maximum absolute atomic E-state index is 11.4. The molecule has 1 aromatic rings. The van der Waals surface area contributed by atoms with E-state index in [0.29, 0.717) is 16.5 Å². The maximum Gasteiger partial charge on any atom is 0.491 e.